The standard InChI is InChI=1S/C9H16N4O/c1-6(5-14)4-11-9-3-8(10)12-7(2)13-9/h3,6,14H,4-5H2,1-2H3,(H3,10,11,12,13). The fourth-order valence-corrected chi connectivity index (χ4v) is 1.02. The molecule has 0 radical (unpaired) electrons. The predicted molar refractivity (Wildman–Crippen MR) is 55.9 cm³/mol. The molecule has 1 aromatic heterocycles. The molecule has 0 fully saturated rings. The van der Waals surface area contributed by atoms with E-state index in [2.05, 4.69) is 15.3 Å². The van der Waals surface area contributed by atoms with Gasteiger partial charge in [0.15, 0.2) is 0 Å². The molecule has 5 heteroatoms. The summed E-state index contributed by atoms with van der Waals surface area (Å²) in [6.45, 7) is 4.57. The first-order valence-electron chi connectivity index (χ1n) is 4.57. The van der Waals surface area contributed by atoms with Crippen LogP contribution in [0.25, 0.3) is 0 Å². The number of nitrogen functional groups attached to an aromatic ring is 1. The Hall–Kier alpha value is -1.36. The van der Waals surface area contributed by atoms with Gasteiger partial charge < -0.3 is 16.2 Å². The molecule has 78 valence electrons. The number of nitrogens with one attached hydrogen (secondary N) is 1. The molecule has 1 atom stereocenters. The van der Waals surface area contributed by atoms with Gasteiger partial charge in [0.25, 0.3) is 0 Å². The van der Waals surface area contributed by atoms with Crippen molar-refractivity contribution in [2.24, 2.45) is 5.92 Å². The highest BCUT2D eigenvalue weighted by molar-refractivity contribution is 5.44. The summed E-state index contributed by atoms with van der Waals surface area (Å²) in [4.78, 5) is 8.12. The SMILES string of the molecule is Cc1nc(N)cc(NCC(C)CO)n1. The van der Waals surface area contributed by atoms with Crippen LogP contribution in [0.1, 0.15) is 12.7 Å². The predicted octanol–water partition coefficient (Wildman–Crippen LogP) is 0.408. The average Bonchev–Trinajstić information content (AvgIpc) is 2.12. The number of aliphatic hydroxyl groups excluding tert-OH is 1. The van der Waals surface area contributed by atoms with E-state index in [-0.39, 0.29) is 12.5 Å². The van der Waals surface area contributed by atoms with Gasteiger partial charge in [-0.3, -0.25) is 0 Å². The van der Waals surface area contributed by atoms with Crippen LogP contribution in [0, 0.1) is 12.8 Å². The zero-order chi connectivity index (χ0) is 10.6. The maximum Gasteiger partial charge on any atom is 0.131 e. The fourth-order valence-electron chi connectivity index (χ4n) is 1.02. The normalized spacial score (nSPS) is 12.5. The number of aliphatic hydroxyl groups is 1. The van der Waals surface area contributed by atoms with Crippen LogP contribution < -0.4 is 11.1 Å². The van der Waals surface area contributed by atoms with Crippen LogP contribution in [0.3, 0.4) is 0 Å². The monoisotopic (exact) mass is 196 g/mol. The highest BCUT2D eigenvalue weighted by Gasteiger charge is 2.02. The molecule has 0 bridgehead atoms. The lowest BCUT2D eigenvalue weighted by Gasteiger charge is -2.10. The Morgan fingerprint density at radius 3 is 2.86 bits per heavy atom. The number of hydrogen-bond acceptors (Lipinski definition) is 5. The van der Waals surface area contributed by atoms with Crippen molar-refractivity contribution in [2.75, 3.05) is 24.2 Å². The minimum atomic E-state index is 0.159. The van der Waals surface area contributed by atoms with Crippen molar-refractivity contribution in [2.45, 2.75) is 13.8 Å². The number of anilines is 2. The first-order chi connectivity index (χ1) is 6.61. The minimum Gasteiger partial charge on any atom is -0.396 e. The van der Waals surface area contributed by atoms with E-state index in [1.165, 1.54) is 0 Å². The summed E-state index contributed by atoms with van der Waals surface area (Å²) < 4.78 is 0. The van der Waals surface area contributed by atoms with Crippen LogP contribution in [-0.4, -0.2) is 28.2 Å². The van der Waals surface area contributed by atoms with Crippen molar-refractivity contribution in [3.63, 3.8) is 0 Å². The summed E-state index contributed by atoms with van der Waals surface area (Å²) in [5.74, 6) is 2.00. The van der Waals surface area contributed by atoms with Gasteiger partial charge in [0, 0.05) is 19.2 Å². The van der Waals surface area contributed by atoms with E-state index < -0.39 is 0 Å². The van der Waals surface area contributed by atoms with E-state index in [0.717, 1.165) is 0 Å². The van der Waals surface area contributed by atoms with Crippen LogP contribution in [-0.2, 0) is 0 Å². The van der Waals surface area contributed by atoms with Gasteiger partial charge >= 0.3 is 0 Å². The Bertz CT molecular complexity index is 283. The lowest BCUT2D eigenvalue weighted by atomic mass is 10.2. The number of rotatable bonds is 4. The summed E-state index contributed by atoms with van der Waals surface area (Å²) in [6.07, 6.45) is 0. The van der Waals surface area contributed by atoms with Crippen molar-refractivity contribution < 1.29 is 5.11 Å². The third kappa shape index (κ3) is 3.18. The second-order valence-corrected chi connectivity index (χ2v) is 3.39. The molecule has 0 aliphatic carbocycles. The Labute approximate surface area is 83.4 Å². The molecule has 0 amide bonds. The zero-order valence-corrected chi connectivity index (χ0v) is 8.49. The maximum absolute atomic E-state index is 8.82. The van der Waals surface area contributed by atoms with E-state index in [0.29, 0.717) is 24.0 Å². The van der Waals surface area contributed by atoms with Crippen LogP contribution in [0.2, 0.25) is 0 Å². The summed E-state index contributed by atoms with van der Waals surface area (Å²) in [6, 6.07) is 1.68. The van der Waals surface area contributed by atoms with Crippen molar-refractivity contribution in [3.05, 3.63) is 11.9 Å². The molecule has 0 aliphatic heterocycles. The lowest BCUT2D eigenvalue weighted by Crippen LogP contribution is -2.15. The van der Waals surface area contributed by atoms with Gasteiger partial charge in [-0.25, -0.2) is 9.97 Å². The smallest absolute Gasteiger partial charge is 0.131 e. The van der Waals surface area contributed by atoms with Crippen LogP contribution in [0.4, 0.5) is 11.6 Å². The van der Waals surface area contributed by atoms with E-state index in [1.54, 1.807) is 13.0 Å². The third-order valence-electron chi connectivity index (χ3n) is 1.80. The van der Waals surface area contributed by atoms with Gasteiger partial charge in [0.1, 0.15) is 17.5 Å². The Balaban J connectivity index is 2.58. The van der Waals surface area contributed by atoms with Gasteiger partial charge in [-0.15, -0.1) is 0 Å². The Morgan fingerprint density at radius 1 is 1.57 bits per heavy atom. The molecule has 1 heterocycles. The van der Waals surface area contributed by atoms with Gasteiger partial charge in [-0.2, -0.15) is 0 Å². The van der Waals surface area contributed by atoms with E-state index in [9.17, 15) is 0 Å². The third-order valence-corrected chi connectivity index (χ3v) is 1.80. The average molecular weight is 196 g/mol. The Kier molecular flexibility index (Phi) is 3.64. The first kappa shape index (κ1) is 10.7. The molecule has 0 saturated heterocycles. The highest BCUT2D eigenvalue weighted by Crippen LogP contribution is 2.08. The summed E-state index contributed by atoms with van der Waals surface area (Å²) in [7, 11) is 0. The molecular formula is C9H16N4O. The van der Waals surface area contributed by atoms with Crippen molar-refractivity contribution in [3.8, 4) is 0 Å². The zero-order valence-electron chi connectivity index (χ0n) is 8.49. The van der Waals surface area contributed by atoms with Gasteiger partial charge in [-0.05, 0) is 12.8 Å². The van der Waals surface area contributed by atoms with Crippen molar-refractivity contribution in [1.82, 2.24) is 9.97 Å². The number of aryl methyl sites for hydroxylation is 1. The van der Waals surface area contributed by atoms with E-state index >= 15 is 0 Å². The first-order valence-corrected chi connectivity index (χ1v) is 4.57. The Morgan fingerprint density at radius 2 is 2.29 bits per heavy atom. The molecule has 1 unspecified atom stereocenters. The van der Waals surface area contributed by atoms with Gasteiger partial charge in [0.05, 0.1) is 0 Å². The lowest BCUT2D eigenvalue weighted by molar-refractivity contribution is 0.244. The molecule has 0 aliphatic rings. The van der Waals surface area contributed by atoms with Crippen LogP contribution >= 0.6 is 0 Å². The summed E-state index contributed by atoms with van der Waals surface area (Å²) in [5, 5.41) is 11.9. The molecule has 4 N–H and O–H groups in total. The van der Waals surface area contributed by atoms with Crippen LogP contribution in [0.5, 0.6) is 0 Å². The number of aromatic nitrogens is 2. The van der Waals surface area contributed by atoms with Gasteiger partial charge in [0.2, 0.25) is 0 Å². The quantitative estimate of drug-likeness (QED) is 0.649. The van der Waals surface area contributed by atoms with Crippen LogP contribution in [0.15, 0.2) is 6.07 Å². The van der Waals surface area contributed by atoms with Crippen molar-refractivity contribution >= 4 is 11.6 Å². The van der Waals surface area contributed by atoms with Gasteiger partial charge in [-0.1, -0.05) is 6.92 Å². The second-order valence-electron chi connectivity index (χ2n) is 3.39. The summed E-state index contributed by atoms with van der Waals surface area (Å²) >= 11 is 0. The van der Waals surface area contributed by atoms with E-state index in [1.807, 2.05) is 6.92 Å². The topological polar surface area (TPSA) is 84.1 Å². The molecule has 0 saturated carbocycles. The molecule has 14 heavy (non-hydrogen) atoms. The number of nitrogens with two attached hydrogens (primary N) is 1. The maximum atomic E-state index is 8.82. The fraction of sp³-hybridized carbons (Fsp3) is 0.556. The molecule has 5 nitrogen and oxygen atoms in total. The minimum absolute atomic E-state index is 0.159. The van der Waals surface area contributed by atoms with Crippen molar-refractivity contribution in [1.29, 1.82) is 0 Å². The highest BCUT2D eigenvalue weighted by atomic mass is 16.3. The largest absolute Gasteiger partial charge is 0.396 e. The molecule has 1 aromatic rings. The molecule has 1 rings (SSSR count). The number of nitrogens with zero attached hydrogens (tertiary/aromatic N) is 2. The molecule has 0 aromatic carbocycles. The second kappa shape index (κ2) is 4.76. The van der Waals surface area contributed by atoms with E-state index in [4.69, 9.17) is 10.8 Å². The molecular weight excluding hydrogens is 180 g/mol. The summed E-state index contributed by atoms with van der Waals surface area (Å²) in [5.41, 5.74) is 5.56. The molecule has 0 spiro atoms. The number of hydrogen-bond donors (Lipinski definition) is 3.